The highest BCUT2D eigenvalue weighted by Gasteiger charge is 2.24. The first-order valence-corrected chi connectivity index (χ1v) is 8.55. The topological polar surface area (TPSA) is 70.7 Å². The first kappa shape index (κ1) is 18.6. The maximum Gasteiger partial charge on any atom is 0.409 e. The molecule has 0 spiro atoms. The molecule has 0 aromatic heterocycles. The van der Waals surface area contributed by atoms with Crippen LogP contribution in [-0.2, 0) is 4.74 Å². The quantitative estimate of drug-likeness (QED) is 0.710. The van der Waals surface area contributed by atoms with Gasteiger partial charge in [-0.1, -0.05) is 26.2 Å². The van der Waals surface area contributed by atoms with Gasteiger partial charge in [-0.25, -0.2) is 9.59 Å². The highest BCUT2D eigenvalue weighted by Crippen LogP contribution is 2.11. The van der Waals surface area contributed by atoms with Crippen LogP contribution >= 0.6 is 0 Å². The zero-order valence-corrected chi connectivity index (χ0v) is 14.2. The molecule has 1 saturated heterocycles. The summed E-state index contributed by atoms with van der Waals surface area (Å²) >= 11 is 0. The van der Waals surface area contributed by atoms with Crippen molar-refractivity contribution in [1.82, 2.24) is 15.5 Å². The summed E-state index contributed by atoms with van der Waals surface area (Å²) < 4.78 is 4.98. The van der Waals surface area contributed by atoms with E-state index in [-0.39, 0.29) is 24.2 Å². The van der Waals surface area contributed by atoms with Crippen molar-refractivity contribution in [3.63, 3.8) is 0 Å². The molecule has 3 amide bonds. The summed E-state index contributed by atoms with van der Waals surface area (Å²) in [6.45, 7) is 7.69. The van der Waals surface area contributed by atoms with Crippen LogP contribution in [-0.4, -0.2) is 48.8 Å². The first-order valence-electron chi connectivity index (χ1n) is 8.55. The van der Waals surface area contributed by atoms with Crippen molar-refractivity contribution in [3.8, 4) is 0 Å². The number of ether oxygens (including phenoxy) is 1. The summed E-state index contributed by atoms with van der Waals surface area (Å²) in [5.41, 5.74) is 0. The van der Waals surface area contributed by atoms with Gasteiger partial charge in [0.2, 0.25) is 0 Å². The average Bonchev–Trinajstić information content (AvgIpc) is 2.48. The van der Waals surface area contributed by atoms with Crippen LogP contribution in [0.25, 0.3) is 0 Å². The lowest BCUT2D eigenvalue weighted by molar-refractivity contribution is 0.0957. The standard InChI is InChI=1S/C16H31N3O3/c1-4-6-7-8-13(3)17-15(20)18-14-9-11-19(12-10-14)16(21)22-5-2/h13-14H,4-12H2,1-3H3,(H2,17,18,20). The second-order valence-corrected chi connectivity index (χ2v) is 5.97. The van der Waals surface area contributed by atoms with Gasteiger partial charge in [-0.15, -0.1) is 0 Å². The van der Waals surface area contributed by atoms with Crippen molar-refractivity contribution in [2.75, 3.05) is 19.7 Å². The highest BCUT2D eigenvalue weighted by atomic mass is 16.6. The van der Waals surface area contributed by atoms with Crippen LogP contribution in [0.4, 0.5) is 9.59 Å². The smallest absolute Gasteiger partial charge is 0.409 e. The van der Waals surface area contributed by atoms with Gasteiger partial charge in [-0.05, 0) is 33.1 Å². The number of carbonyl (C=O) groups excluding carboxylic acids is 2. The van der Waals surface area contributed by atoms with Crippen LogP contribution in [0.1, 0.15) is 59.3 Å². The van der Waals surface area contributed by atoms with Crippen LogP contribution in [0.3, 0.4) is 0 Å². The predicted octanol–water partition coefficient (Wildman–Crippen LogP) is 2.88. The van der Waals surface area contributed by atoms with Gasteiger partial charge < -0.3 is 20.3 Å². The normalized spacial score (nSPS) is 17.0. The Kier molecular flexibility index (Phi) is 8.70. The van der Waals surface area contributed by atoms with Crippen molar-refractivity contribution in [1.29, 1.82) is 0 Å². The molecule has 0 aromatic carbocycles. The maximum absolute atomic E-state index is 11.9. The van der Waals surface area contributed by atoms with E-state index in [1.165, 1.54) is 12.8 Å². The Balaban J connectivity index is 2.20. The van der Waals surface area contributed by atoms with E-state index in [2.05, 4.69) is 17.6 Å². The Bertz CT molecular complexity index is 342. The van der Waals surface area contributed by atoms with Gasteiger partial charge in [-0.3, -0.25) is 0 Å². The number of unbranched alkanes of at least 4 members (excludes halogenated alkanes) is 2. The second-order valence-electron chi connectivity index (χ2n) is 5.97. The van der Waals surface area contributed by atoms with Crippen molar-refractivity contribution >= 4 is 12.1 Å². The molecule has 1 aliphatic rings. The van der Waals surface area contributed by atoms with E-state index in [9.17, 15) is 9.59 Å². The Morgan fingerprint density at radius 1 is 1.23 bits per heavy atom. The molecule has 128 valence electrons. The summed E-state index contributed by atoms with van der Waals surface area (Å²) in [6, 6.07) is 0.235. The zero-order valence-electron chi connectivity index (χ0n) is 14.2. The molecule has 1 rings (SSSR count). The fraction of sp³-hybridized carbons (Fsp3) is 0.875. The number of piperidine rings is 1. The Morgan fingerprint density at radius 2 is 1.91 bits per heavy atom. The van der Waals surface area contributed by atoms with Crippen molar-refractivity contribution in [2.24, 2.45) is 0 Å². The number of rotatable bonds is 7. The number of urea groups is 1. The monoisotopic (exact) mass is 313 g/mol. The van der Waals surface area contributed by atoms with Gasteiger partial charge >= 0.3 is 12.1 Å². The van der Waals surface area contributed by atoms with Gasteiger partial charge in [0.15, 0.2) is 0 Å². The van der Waals surface area contributed by atoms with E-state index < -0.39 is 0 Å². The molecule has 6 heteroatoms. The van der Waals surface area contributed by atoms with E-state index in [4.69, 9.17) is 4.74 Å². The van der Waals surface area contributed by atoms with Crippen LogP contribution in [0.15, 0.2) is 0 Å². The molecular weight excluding hydrogens is 282 g/mol. The molecule has 0 radical (unpaired) electrons. The number of nitrogens with one attached hydrogen (secondary N) is 2. The minimum Gasteiger partial charge on any atom is -0.450 e. The molecule has 0 bridgehead atoms. The van der Waals surface area contributed by atoms with Gasteiger partial charge in [0, 0.05) is 25.2 Å². The fourth-order valence-electron chi connectivity index (χ4n) is 2.64. The molecule has 1 fully saturated rings. The average molecular weight is 313 g/mol. The summed E-state index contributed by atoms with van der Waals surface area (Å²) in [4.78, 5) is 25.2. The Morgan fingerprint density at radius 3 is 2.50 bits per heavy atom. The van der Waals surface area contributed by atoms with Gasteiger partial charge in [0.1, 0.15) is 0 Å². The van der Waals surface area contributed by atoms with Crippen molar-refractivity contribution in [3.05, 3.63) is 0 Å². The van der Waals surface area contributed by atoms with Gasteiger partial charge in [0.05, 0.1) is 6.61 Å². The lowest BCUT2D eigenvalue weighted by Crippen LogP contribution is -2.50. The van der Waals surface area contributed by atoms with Crippen molar-refractivity contribution < 1.29 is 14.3 Å². The van der Waals surface area contributed by atoms with Gasteiger partial charge in [0.25, 0.3) is 0 Å². The molecule has 0 saturated carbocycles. The third-order valence-corrected chi connectivity index (χ3v) is 3.97. The lowest BCUT2D eigenvalue weighted by Gasteiger charge is -2.31. The van der Waals surface area contributed by atoms with E-state index in [0.717, 1.165) is 25.7 Å². The zero-order chi connectivity index (χ0) is 16.4. The molecule has 1 atom stereocenters. The van der Waals surface area contributed by atoms with Gasteiger partial charge in [-0.2, -0.15) is 0 Å². The Labute approximate surface area is 134 Å². The lowest BCUT2D eigenvalue weighted by atomic mass is 10.1. The number of likely N-dealkylation sites (tertiary alicyclic amines) is 1. The summed E-state index contributed by atoms with van der Waals surface area (Å²) in [5.74, 6) is 0. The summed E-state index contributed by atoms with van der Waals surface area (Å²) in [7, 11) is 0. The molecule has 1 unspecified atom stereocenters. The Hall–Kier alpha value is -1.46. The number of carbonyl (C=O) groups is 2. The highest BCUT2D eigenvalue weighted by molar-refractivity contribution is 5.74. The molecule has 1 aliphatic heterocycles. The summed E-state index contributed by atoms with van der Waals surface area (Å²) in [5, 5.41) is 5.99. The summed E-state index contributed by atoms with van der Waals surface area (Å²) in [6.07, 6.45) is 5.86. The molecule has 1 heterocycles. The third-order valence-electron chi connectivity index (χ3n) is 3.97. The minimum absolute atomic E-state index is 0.0985. The van der Waals surface area contributed by atoms with E-state index in [1.807, 2.05) is 6.92 Å². The third kappa shape index (κ3) is 7.00. The number of hydrogen-bond acceptors (Lipinski definition) is 3. The SMILES string of the molecule is CCCCCC(C)NC(=O)NC1CCN(C(=O)OCC)CC1. The maximum atomic E-state index is 11.9. The molecule has 2 N–H and O–H groups in total. The molecule has 0 aromatic rings. The van der Waals surface area contributed by atoms with Crippen LogP contribution in [0.2, 0.25) is 0 Å². The largest absolute Gasteiger partial charge is 0.450 e. The number of amides is 3. The van der Waals surface area contributed by atoms with E-state index >= 15 is 0 Å². The van der Waals surface area contributed by atoms with Crippen molar-refractivity contribution in [2.45, 2.75) is 71.4 Å². The van der Waals surface area contributed by atoms with E-state index in [1.54, 1.807) is 11.8 Å². The second kappa shape index (κ2) is 10.3. The minimum atomic E-state index is -0.255. The number of nitrogens with zero attached hydrogens (tertiary/aromatic N) is 1. The first-order chi connectivity index (χ1) is 10.6. The molecule has 0 aliphatic carbocycles. The fourth-order valence-corrected chi connectivity index (χ4v) is 2.64. The molecule has 22 heavy (non-hydrogen) atoms. The van der Waals surface area contributed by atoms with E-state index in [0.29, 0.717) is 19.7 Å². The van der Waals surface area contributed by atoms with Crippen LogP contribution in [0.5, 0.6) is 0 Å². The van der Waals surface area contributed by atoms with Crippen LogP contribution < -0.4 is 10.6 Å². The number of hydrogen-bond donors (Lipinski definition) is 2. The van der Waals surface area contributed by atoms with Crippen LogP contribution in [0, 0.1) is 0 Å². The molecular formula is C16H31N3O3. The predicted molar refractivity (Wildman–Crippen MR) is 86.9 cm³/mol. The molecule has 6 nitrogen and oxygen atoms in total.